The van der Waals surface area contributed by atoms with Crippen LogP contribution in [0.5, 0.6) is 0 Å². The monoisotopic (exact) mass is 437 g/mol. The first-order valence-electron chi connectivity index (χ1n) is 10.5. The summed E-state index contributed by atoms with van der Waals surface area (Å²) in [4.78, 5) is 25.4. The number of piperazine rings is 1. The fraction of sp³-hybridized carbons (Fsp3) is 0.600. The van der Waals surface area contributed by atoms with E-state index in [2.05, 4.69) is 10.6 Å². The van der Waals surface area contributed by atoms with E-state index in [-0.39, 0.29) is 18.4 Å². The molecule has 166 valence electrons. The Bertz CT molecular complexity index is 827. The molecule has 0 atom stereocenters. The van der Waals surface area contributed by atoms with Crippen LogP contribution < -0.4 is 10.6 Å². The minimum absolute atomic E-state index is 0.147. The lowest BCUT2D eigenvalue weighted by molar-refractivity contribution is -0.117. The molecule has 2 amide bonds. The average molecular weight is 438 g/mol. The van der Waals surface area contributed by atoms with Gasteiger partial charge in [0, 0.05) is 57.6 Å². The number of nitrogens with zero attached hydrogens (tertiary/aromatic N) is 3. The van der Waals surface area contributed by atoms with Crippen LogP contribution in [0.25, 0.3) is 0 Å². The van der Waals surface area contributed by atoms with Gasteiger partial charge in [-0.15, -0.1) is 0 Å². The maximum Gasteiger partial charge on any atom is 0.282 e. The van der Waals surface area contributed by atoms with Crippen LogP contribution in [0.1, 0.15) is 32.6 Å². The van der Waals surface area contributed by atoms with Crippen molar-refractivity contribution in [1.82, 2.24) is 13.5 Å². The molecule has 2 aliphatic rings. The summed E-state index contributed by atoms with van der Waals surface area (Å²) >= 11 is 0. The molecule has 0 unspecified atom stereocenters. The second-order valence-corrected chi connectivity index (χ2v) is 9.73. The zero-order chi connectivity index (χ0) is 21.6. The number of hydrogen-bond donors (Lipinski definition) is 2. The number of anilines is 2. The Morgan fingerprint density at radius 3 is 1.83 bits per heavy atom. The Morgan fingerprint density at radius 2 is 1.30 bits per heavy atom. The highest BCUT2D eigenvalue weighted by molar-refractivity contribution is 7.86. The number of carbonyl (C=O) groups is 2. The van der Waals surface area contributed by atoms with Gasteiger partial charge in [0.05, 0.1) is 6.54 Å². The second kappa shape index (κ2) is 10.3. The van der Waals surface area contributed by atoms with E-state index in [1.54, 1.807) is 32.9 Å². The molecule has 30 heavy (non-hydrogen) atoms. The Hall–Kier alpha value is -2.01. The fourth-order valence-corrected chi connectivity index (χ4v) is 5.47. The fourth-order valence-electron chi connectivity index (χ4n) is 3.80. The van der Waals surface area contributed by atoms with Crippen LogP contribution >= 0.6 is 0 Å². The topological polar surface area (TPSA) is 102 Å². The molecular weight excluding hydrogens is 406 g/mol. The van der Waals surface area contributed by atoms with E-state index in [4.69, 9.17) is 0 Å². The van der Waals surface area contributed by atoms with Crippen LogP contribution in [-0.4, -0.2) is 79.6 Å². The lowest BCUT2D eigenvalue weighted by Crippen LogP contribution is -2.54. The number of amides is 2. The molecule has 9 nitrogen and oxygen atoms in total. The maximum absolute atomic E-state index is 12.9. The smallest absolute Gasteiger partial charge is 0.282 e. The zero-order valence-electron chi connectivity index (χ0n) is 17.5. The molecule has 2 saturated heterocycles. The first kappa shape index (κ1) is 22.7. The minimum Gasteiger partial charge on any atom is -0.326 e. The van der Waals surface area contributed by atoms with Gasteiger partial charge in [-0.2, -0.15) is 17.0 Å². The molecule has 0 radical (unpaired) electrons. The molecule has 0 spiro atoms. The van der Waals surface area contributed by atoms with Gasteiger partial charge in [0.1, 0.15) is 0 Å². The zero-order valence-corrected chi connectivity index (χ0v) is 18.3. The summed E-state index contributed by atoms with van der Waals surface area (Å²) in [6.45, 7) is 4.72. The third-order valence-electron chi connectivity index (χ3n) is 5.41. The van der Waals surface area contributed by atoms with Crippen molar-refractivity contribution in [2.75, 3.05) is 56.4 Å². The van der Waals surface area contributed by atoms with Crippen molar-refractivity contribution in [2.24, 2.45) is 0 Å². The molecule has 3 rings (SSSR count). The normalized spacial score (nSPS) is 19.8. The maximum atomic E-state index is 12.9. The molecule has 0 aromatic heterocycles. The molecule has 10 heteroatoms. The molecule has 0 bridgehead atoms. The molecule has 2 N–H and O–H groups in total. The summed E-state index contributed by atoms with van der Waals surface area (Å²) in [6, 6.07) is 6.91. The van der Waals surface area contributed by atoms with Crippen LogP contribution in [-0.2, 0) is 19.8 Å². The SMILES string of the molecule is CC(=O)Nc1ccc(NC(=O)CN2CCN(S(=O)(=O)N3CCCCCC3)CC2)cc1. The minimum atomic E-state index is -3.41. The molecule has 2 heterocycles. The summed E-state index contributed by atoms with van der Waals surface area (Å²) in [5.74, 6) is -0.296. The van der Waals surface area contributed by atoms with E-state index in [1.807, 2.05) is 4.90 Å². The van der Waals surface area contributed by atoms with Crippen molar-refractivity contribution in [3.8, 4) is 0 Å². The Morgan fingerprint density at radius 1 is 0.800 bits per heavy atom. The van der Waals surface area contributed by atoms with Gasteiger partial charge in [-0.3, -0.25) is 14.5 Å². The van der Waals surface area contributed by atoms with Gasteiger partial charge in [0.2, 0.25) is 11.8 Å². The highest BCUT2D eigenvalue weighted by Crippen LogP contribution is 2.18. The number of benzene rings is 1. The van der Waals surface area contributed by atoms with Gasteiger partial charge in [-0.1, -0.05) is 12.8 Å². The predicted molar refractivity (Wildman–Crippen MR) is 116 cm³/mol. The van der Waals surface area contributed by atoms with Crippen molar-refractivity contribution >= 4 is 33.4 Å². The number of nitrogens with one attached hydrogen (secondary N) is 2. The first-order valence-corrected chi connectivity index (χ1v) is 11.9. The van der Waals surface area contributed by atoms with Crippen LogP contribution in [0.2, 0.25) is 0 Å². The summed E-state index contributed by atoms with van der Waals surface area (Å²) in [5.41, 5.74) is 1.32. The van der Waals surface area contributed by atoms with Gasteiger partial charge in [0.25, 0.3) is 10.2 Å². The highest BCUT2D eigenvalue weighted by Gasteiger charge is 2.32. The van der Waals surface area contributed by atoms with Crippen LogP contribution in [0, 0.1) is 0 Å². The lowest BCUT2D eigenvalue weighted by Gasteiger charge is -2.36. The van der Waals surface area contributed by atoms with Gasteiger partial charge >= 0.3 is 0 Å². The molecule has 0 saturated carbocycles. The lowest BCUT2D eigenvalue weighted by atomic mass is 10.2. The summed E-state index contributed by atoms with van der Waals surface area (Å²) in [7, 11) is -3.41. The quantitative estimate of drug-likeness (QED) is 0.699. The Kier molecular flexibility index (Phi) is 7.81. The van der Waals surface area contributed by atoms with E-state index < -0.39 is 10.2 Å². The van der Waals surface area contributed by atoms with E-state index in [9.17, 15) is 18.0 Å². The summed E-state index contributed by atoms with van der Waals surface area (Å²) in [5, 5.41) is 5.51. The predicted octanol–water partition coefficient (Wildman–Crippen LogP) is 1.32. The summed E-state index contributed by atoms with van der Waals surface area (Å²) in [6.07, 6.45) is 4.02. The standard InChI is InChI=1S/C20H31N5O4S/c1-17(26)21-18-6-8-19(9-7-18)22-20(27)16-23-12-14-25(15-13-23)30(28,29)24-10-4-2-3-5-11-24/h6-9H,2-5,10-16H2,1H3,(H,21,26)(H,22,27). The highest BCUT2D eigenvalue weighted by atomic mass is 32.2. The Balaban J connectivity index is 1.45. The van der Waals surface area contributed by atoms with Crippen LogP contribution in [0.3, 0.4) is 0 Å². The van der Waals surface area contributed by atoms with Gasteiger partial charge in [-0.25, -0.2) is 0 Å². The van der Waals surface area contributed by atoms with E-state index in [1.165, 1.54) is 6.92 Å². The molecule has 2 fully saturated rings. The molecule has 0 aliphatic carbocycles. The van der Waals surface area contributed by atoms with Gasteiger partial charge in [-0.05, 0) is 37.1 Å². The van der Waals surface area contributed by atoms with Gasteiger partial charge in [0.15, 0.2) is 0 Å². The van der Waals surface area contributed by atoms with E-state index >= 15 is 0 Å². The molecule has 1 aromatic carbocycles. The molecular formula is C20H31N5O4S. The van der Waals surface area contributed by atoms with Gasteiger partial charge < -0.3 is 10.6 Å². The van der Waals surface area contributed by atoms with Crippen molar-refractivity contribution in [3.63, 3.8) is 0 Å². The largest absolute Gasteiger partial charge is 0.326 e. The summed E-state index contributed by atoms with van der Waals surface area (Å²) < 4.78 is 28.9. The third-order valence-corrected chi connectivity index (χ3v) is 7.44. The second-order valence-electron chi connectivity index (χ2n) is 7.80. The van der Waals surface area contributed by atoms with Crippen LogP contribution in [0.4, 0.5) is 11.4 Å². The van der Waals surface area contributed by atoms with Crippen LogP contribution in [0.15, 0.2) is 24.3 Å². The van der Waals surface area contributed by atoms with E-state index in [0.717, 1.165) is 25.7 Å². The van der Waals surface area contributed by atoms with Crippen molar-refractivity contribution in [2.45, 2.75) is 32.6 Å². The number of carbonyl (C=O) groups excluding carboxylic acids is 2. The third kappa shape index (κ3) is 6.24. The van der Waals surface area contributed by atoms with Crippen molar-refractivity contribution in [1.29, 1.82) is 0 Å². The first-order chi connectivity index (χ1) is 14.3. The molecule has 1 aromatic rings. The number of rotatable bonds is 6. The Labute approximate surface area is 178 Å². The number of hydrogen-bond acceptors (Lipinski definition) is 5. The van der Waals surface area contributed by atoms with Crippen molar-refractivity contribution in [3.05, 3.63) is 24.3 Å². The average Bonchev–Trinajstić information content (AvgIpc) is 3.00. The van der Waals surface area contributed by atoms with Crippen molar-refractivity contribution < 1.29 is 18.0 Å². The molecule has 2 aliphatic heterocycles. The van der Waals surface area contributed by atoms with E-state index in [0.29, 0.717) is 50.6 Å².